The van der Waals surface area contributed by atoms with Crippen molar-refractivity contribution in [1.82, 2.24) is 0 Å². The number of Topliss-reactive ketones (excluding diaryl/α,β-unsaturated/α-hetero) is 4. The minimum atomic E-state index is -0.624. The molecule has 2 saturated carbocycles. The number of carbonyl (C=O) groups excluding carboxylic acids is 4. The molecule has 0 aliphatic heterocycles. The monoisotopic (exact) mass is 625 g/mol. The first-order valence-electron chi connectivity index (χ1n) is 14.0. The van der Waals surface area contributed by atoms with Crippen LogP contribution in [0.2, 0.25) is 0 Å². The molecule has 4 aliphatic rings. The fraction of sp³-hybridized carbons (Fsp3) is 0.265. The van der Waals surface area contributed by atoms with Crippen LogP contribution in [0.15, 0.2) is 34.8 Å². The number of ketones is 4. The molecule has 2 fully saturated rings. The Kier molecular flexibility index (Phi) is 6.22. The summed E-state index contributed by atoms with van der Waals surface area (Å²) in [6.45, 7) is 18.7. The lowest BCUT2D eigenvalue weighted by Gasteiger charge is -2.29. The van der Waals surface area contributed by atoms with E-state index in [0.29, 0.717) is 9.88 Å². The largest absolute Gasteiger partial charge is 0.292 e. The van der Waals surface area contributed by atoms with Crippen LogP contribution in [0.4, 0.5) is 16.4 Å². The van der Waals surface area contributed by atoms with E-state index < -0.39 is 40.7 Å². The maximum absolute atomic E-state index is 13.3. The fourth-order valence-electron chi connectivity index (χ4n) is 6.89. The van der Waals surface area contributed by atoms with Crippen molar-refractivity contribution in [3.63, 3.8) is 0 Å². The van der Waals surface area contributed by atoms with E-state index in [1.807, 2.05) is 12.1 Å². The molecular weight excluding hydrogens is 607 g/mol. The third-order valence-corrected chi connectivity index (χ3v) is 11.6. The number of carbonyl (C=O) groups is 4. The highest BCUT2D eigenvalue weighted by atomic mass is 32.1. The second-order valence-corrected chi connectivity index (χ2v) is 14.1. The molecule has 0 radical (unpaired) electrons. The molecule has 2 heterocycles. The van der Waals surface area contributed by atoms with Crippen LogP contribution < -0.4 is 0 Å². The zero-order chi connectivity index (χ0) is 31.9. The first-order valence-corrected chi connectivity index (χ1v) is 15.6. The molecule has 0 N–H and O–H groups in total. The average Bonchev–Trinajstić information content (AvgIpc) is 3.80. The van der Waals surface area contributed by atoms with E-state index in [-0.39, 0.29) is 58.2 Å². The summed E-state index contributed by atoms with van der Waals surface area (Å²) in [7, 11) is 0. The molecule has 4 atom stereocenters. The fourth-order valence-corrected chi connectivity index (χ4v) is 9.50. The topological polar surface area (TPSA) is 137 Å². The van der Waals surface area contributed by atoms with Gasteiger partial charge in [0.05, 0.1) is 47.6 Å². The van der Waals surface area contributed by atoms with Crippen molar-refractivity contribution in [3.8, 4) is 21.9 Å². The molecule has 4 aliphatic carbocycles. The van der Waals surface area contributed by atoms with Crippen LogP contribution >= 0.6 is 22.7 Å². The van der Waals surface area contributed by atoms with Crippen LogP contribution in [-0.4, -0.2) is 28.8 Å². The van der Waals surface area contributed by atoms with Gasteiger partial charge in [-0.3, -0.25) is 28.9 Å². The van der Waals surface area contributed by atoms with Crippen molar-refractivity contribution in [3.05, 3.63) is 79.8 Å². The Hall–Kier alpha value is -5.33. The summed E-state index contributed by atoms with van der Waals surface area (Å²) in [6.07, 6.45) is 1.93. The number of allylic oxidation sites excluding steroid dienone is 1. The molecule has 0 saturated heterocycles. The lowest BCUT2D eigenvalue weighted by molar-refractivity contribution is -0.121. The van der Waals surface area contributed by atoms with E-state index in [9.17, 15) is 29.7 Å². The molecule has 2 aromatic heterocycles. The number of hydrogen-bond acceptors (Lipinski definition) is 9. The van der Waals surface area contributed by atoms with Crippen molar-refractivity contribution in [1.29, 1.82) is 10.5 Å². The smallest absolute Gasteiger partial charge is 0.196 e. The summed E-state index contributed by atoms with van der Waals surface area (Å²) < 4.78 is 0. The Morgan fingerprint density at radius 2 is 1.36 bits per heavy atom. The molecule has 0 bridgehead atoms. The van der Waals surface area contributed by atoms with E-state index in [0.717, 1.165) is 20.9 Å². The van der Waals surface area contributed by atoms with Gasteiger partial charge in [0.15, 0.2) is 40.2 Å². The third-order valence-electron chi connectivity index (χ3n) is 9.32. The van der Waals surface area contributed by atoms with Crippen molar-refractivity contribution in [2.45, 2.75) is 32.1 Å². The van der Waals surface area contributed by atoms with Crippen molar-refractivity contribution >= 4 is 74.0 Å². The molecule has 4 unspecified atom stereocenters. The Morgan fingerprint density at radius 3 is 1.87 bits per heavy atom. The summed E-state index contributed by atoms with van der Waals surface area (Å²) >= 11 is 2.78. The van der Waals surface area contributed by atoms with Gasteiger partial charge in [0.1, 0.15) is 5.00 Å². The zero-order valence-electron chi connectivity index (χ0n) is 23.8. The number of nitrogens with zero attached hydrogens (tertiary/aromatic N) is 5. The number of benzene rings is 1. The number of hydrogen-bond donors (Lipinski definition) is 0. The molecule has 3 aromatic rings. The van der Waals surface area contributed by atoms with Gasteiger partial charge in [-0.1, -0.05) is 26.0 Å². The van der Waals surface area contributed by atoms with Crippen molar-refractivity contribution < 1.29 is 19.2 Å². The highest BCUT2D eigenvalue weighted by Gasteiger charge is 2.52. The Labute approximate surface area is 265 Å². The average molecular weight is 626 g/mol. The maximum atomic E-state index is 13.3. The second kappa shape index (κ2) is 9.84. The van der Waals surface area contributed by atoms with E-state index in [4.69, 9.17) is 13.1 Å². The van der Waals surface area contributed by atoms with Gasteiger partial charge in [0.25, 0.3) is 0 Å². The molecule has 11 heteroatoms. The van der Waals surface area contributed by atoms with Crippen molar-refractivity contribution in [2.75, 3.05) is 0 Å². The summed E-state index contributed by atoms with van der Waals surface area (Å²) in [6, 6.07) is 10.7. The van der Waals surface area contributed by atoms with E-state index in [2.05, 4.69) is 40.7 Å². The van der Waals surface area contributed by atoms with Gasteiger partial charge < -0.3 is 0 Å². The number of nitriles is 2. The molecular formula is C34H19N5O4S2. The van der Waals surface area contributed by atoms with Gasteiger partial charge in [0.2, 0.25) is 0 Å². The SMILES string of the molecule is [C-]#[N+]c1cc2c(cc1[N+]#[C-])C(=O)C(=Cc1cc3c(s1)-c1sc(N=C4C(=O)C5CC(C#N)C(C#N)CC5C4=O)cc1C3(C)C)C2=O. The van der Waals surface area contributed by atoms with Crippen molar-refractivity contribution in [2.24, 2.45) is 28.7 Å². The third kappa shape index (κ3) is 3.95. The van der Waals surface area contributed by atoms with E-state index >= 15 is 0 Å². The summed E-state index contributed by atoms with van der Waals surface area (Å²) in [4.78, 5) is 66.7. The molecule has 216 valence electrons. The van der Waals surface area contributed by atoms with Gasteiger partial charge in [-0.2, -0.15) is 10.5 Å². The number of fused-ring (bicyclic) bond motifs is 5. The van der Waals surface area contributed by atoms with Crippen LogP contribution in [0, 0.1) is 59.5 Å². The second-order valence-electron chi connectivity index (χ2n) is 12.0. The minimum Gasteiger partial charge on any atom is -0.292 e. The summed E-state index contributed by atoms with van der Waals surface area (Å²) in [5.41, 5.74) is 1.75. The molecule has 0 spiro atoms. The van der Waals surface area contributed by atoms with E-state index in [1.54, 1.807) is 6.08 Å². The quantitative estimate of drug-likeness (QED) is 0.168. The van der Waals surface area contributed by atoms with Gasteiger partial charge in [0, 0.05) is 38.1 Å². The predicted molar refractivity (Wildman–Crippen MR) is 167 cm³/mol. The zero-order valence-corrected chi connectivity index (χ0v) is 25.4. The molecule has 0 amide bonds. The lowest BCUT2D eigenvalue weighted by atomic mass is 9.70. The number of thiophene rings is 2. The molecule has 7 rings (SSSR count). The Balaban J connectivity index is 1.22. The van der Waals surface area contributed by atoms with Crippen LogP contribution in [-0.2, 0) is 15.0 Å². The first-order chi connectivity index (χ1) is 21.5. The number of rotatable bonds is 2. The van der Waals surface area contributed by atoms with Gasteiger partial charge in [-0.05, 0) is 42.2 Å². The highest BCUT2D eigenvalue weighted by molar-refractivity contribution is 7.25. The standard InChI is InChI=1S/C34H19N5O4S2/c1-34(2)22-8-16(7-21-28(40)19-9-24(37-3)25(38-4)10-20(19)29(21)41)44-32(22)33-23(34)11-26(45-33)39-27-30(42)17-5-14(12-35)15(13-36)6-18(17)31(27)43/h7-11,14-15,17-18H,5-6H2,1-2H3. The predicted octanol–water partition coefficient (Wildman–Crippen LogP) is 7.21. The first kappa shape index (κ1) is 28.4. The normalized spacial score (nSPS) is 23.8. The Morgan fingerprint density at radius 1 is 0.844 bits per heavy atom. The maximum Gasteiger partial charge on any atom is 0.196 e. The summed E-state index contributed by atoms with van der Waals surface area (Å²) in [5, 5.41) is 19.4. The van der Waals surface area contributed by atoms with Crippen LogP contribution in [0.1, 0.15) is 63.4 Å². The van der Waals surface area contributed by atoms with Gasteiger partial charge in [-0.25, -0.2) is 4.99 Å². The molecule has 1 aromatic carbocycles. The van der Waals surface area contributed by atoms with E-state index in [1.165, 1.54) is 34.8 Å². The Bertz CT molecular complexity index is 2110. The highest BCUT2D eigenvalue weighted by Crippen LogP contribution is 2.57. The van der Waals surface area contributed by atoms with Gasteiger partial charge in [-0.15, -0.1) is 22.7 Å². The minimum absolute atomic E-state index is 0.0173. The van der Waals surface area contributed by atoms with Crippen LogP contribution in [0.25, 0.3) is 25.5 Å². The van der Waals surface area contributed by atoms with Crippen LogP contribution in [0.5, 0.6) is 0 Å². The molecule has 9 nitrogen and oxygen atoms in total. The van der Waals surface area contributed by atoms with Crippen LogP contribution in [0.3, 0.4) is 0 Å². The lowest BCUT2D eigenvalue weighted by Crippen LogP contribution is -2.32. The number of aliphatic imine (C=N–C) groups is 1. The molecule has 45 heavy (non-hydrogen) atoms. The summed E-state index contributed by atoms with van der Waals surface area (Å²) in [5.74, 6) is -4.10. The van der Waals surface area contributed by atoms with Gasteiger partial charge >= 0.3 is 0 Å².